The van der Waals surface area contributed by atoms with Crippen LogP contribution in [0.25, 0.3) is 0 Å². The minimum Gasteiger partial charge on any atom is -0.283 e. The van der Waals surface area contributed by atoms with E-state index >= 15 is 0 Å². The predicted octanol–water partition coefficient (Wildman–Crippen LogP) is 3.56. The summed E-state index contributed by atoms with van der Waals surface area (Å²) in [5.74, 6) is -0.546. The van der Waals surface area contributed by atoms with Crippen LogP contribution >= 0.6 is 0 Å². The molecule has 1 N–H and O–H groups in total. The van der Waals surface area contributed by atoms with Gasteiger partial charge < -0.3 is 0 Å². The average molecular weight is 360 g/mol. The Morgan fingerprint density at radius 2 is 1.71 bits per heavy atom. The highest BCUT2D eigenvalue weighted by atomic mass is 32.2. The number of nitro groups is 1. The second kappa shape index (κ2) is 6.48. The molecule has 2 rings (SSSR count). The standard InChI is InChI=1S/C14H11F3N2O4S/c15-14(16,17)11-4-6-12(7-5-11)18-24(22,23)9-10-2-1-3-13(8-10)19(20)21/h1-8,18H,9H2. The first kappa shape index (κ1) is 17.7. The van der Waals surface area contributed by atoms with E-state index in [4.69, 9.17) is 0 Å². The molecule has 0 amide bonds. The number of halogens is 3. The lowest BCUT2D eigenvalue weighted by Crippen LogP contribution is -2.15. The largest absolute Gasteiger partial charge is 0.416 e. The number of nitrogens with one attached hydrogen (secondary N) is 1. The molecule has 6 nitrogen and oxygen atoms in total. The van der Waals surface area contributed by atoms with Crippen molar-refractivity contribution in [3.63, 3.8) is 0 Å². The van der Waals surface area contributed by atoms with E-state index in [1.54, 1.807) is 0 Å². The number of hydrogen-bond donors (Lipinski definition) is 1. The van der Waals surface area contributed by atoms with Crippen LogP contribution in [0.1, 0.15) is 11.1 Å². The van der Waals surface area contributed by atoms with Crippen LogP contribution in [0.3, 0.4) is 0 Å². The number of hydrogen-bond acceptors (Lipinski definition) is 4. The molecule has 0 aliphatic heterocycles. The van der Waals surface area contributed by atoms with Crippen LogP contribution < -0.4 is 4.72 Å². The van der Waals surface area contributed by atoms with Crippen molar-refractivity contribution in [2.45, 2.75) is 11.9 Å². The maximum absolute atomic E-state index is 12.5. The number of anilines is 1. The van der Waals surface area contributed by atoms with Crippen molar-refractivity contribution >= 4 is 21.4 Å². The molecule has 0 atom stereocenters. The van der Waals surface area contributed by atoms with Gasteiger partial charge in [-0.3, -0.25) is 14.8 Å². The number of nitro benzene ring substituents is 1. The highest BCUT2D eigenvalue weighted by Crippen LogP contribution is 2.30. The summed E-state index contributed by atoms with van der Waals surface area (Å²) in [5, 5.41) is 10.7. The summed E-state index contributed by atoms with van der Waals surface area (Å²) in [5.41, 5.74) is -1.00. The smallest absolute Gasteiger partial charge is 0.283 e. The van der Waals surface area contributed by atoms with E-state index in [2.05, 4.69) is 4.72 Å². The molecule has 0 bridgehead atoms. The number of sulfonamides is 1. The van der Waals surface area contributed by atoms with E-state index in [0.717, 1.165) is 30.3 Å². The number of alkyl halides is 3. The Morgan fingerprint density at radius 1 is 1.08 bits per heavy atom. The van der Waals surface area contributed by atoms with Gasteiger partial charge in [-0.25, -0.2) is 8.42 Å². The first-order valence-corrected chi connectivity index (χ1v) is 8.13. The van der Waals surface area contributed by atoms with Crippen molar-refractivity contribution in [3.05, 3.63) is 69.8 Å². The normalized spacial score (nSPS) is 12.0. The number of rotatable bonds is 5. The third kappa shape index (κ3) is 4.69. The molecule has 0 fully saturated rings. The molecule has 0 radical (unpaired) electrons. The molecule has 0 saturated heterocycles. The third-order valence-electron chi connectivity index (χ3n) is 2.96. The minimum atomic E-state index is -4.51. The van der Waals surface area contributed by atoms with Gasteiger partial charge in [0.15, 0.2) is 0 Å². The van der Waals surface area contributed by atoms with Crippen molar-refractivity contribution in [2.24, 2.45) is 0 Å². The fourth-order valence-corrected chi connectivity index (χ4v) is 3.11. The van der Waals surface area contributed by atoms with Crippen LogP contribution in [0, 0.1) is 10.1 Å². The SMILES string of the molecule is O=[N+]([O-])c1cccc(CS(=O)(=O)Nc2ccc(C(F)(F)F)cc2)c1. The summed E-state index contributed by atoms with van der Waals surface area (Å²) in [6, 6.07) is 8.59. The average Bonchev–Trinajstić information content (AvgIpc) is 2.46. The minimum absolute atomic E-state index is 0.0339. The Morgan fingerprint density at radius 3 is 2.25 bits per heavy atom. The molecular weight excluding hydrogens is 349 g/mol. The maximum Gasteiger partial charge on any atom is 0.416 e. The number of nitrogens with zero attached hydrogens (tertiary/aromatic N) is 1. The van der Waals surface area contributed by atoms with Gasteiger partial charge in [0.25, 0.3) is 5.69 Å². The second-order valence-electron chi connectivity index (χ2n) is 4.86. The summed E-state index contributed by atoms with van der Waals surface area (Å²) >= 11 is 0. The van der Waals surface area contributed by atoms with Gasteiger partial charge in [-0.15, -0.1) is 0 Å². The van der Waals surface area contributed by atoms with Crippen LogP contribution in [0.5, 0.6) is 0 Å². The van der Waals surface area contributed by atoms with Gasteiger partial charge >= 0.3 is 6.18 Å². The monoisotopic (exact) mass is 360 g/mol. The number of benzene rings is 2. The molecular formula is C14H11F3N2O4S. The van der Waals surface area contributed by atoms with E-state index in [-0.39, 0.29) is 16.9 Å². The van der Waals surface area contributed by atoms with Crippen LogP contribution in [-0.4, -0.2) is 13.3 Å². The first-order valence-electron chi connectivity index (χ1n) is 6.48. The maximum atomic E-state index is 12.5. The van der Waals surface area contributed by atoms with E-state index in [1.807, 2.05) is 0 Å². The summed E-state index contributed by atoms with van der Waals surface area (Å²) in [7, 11) is -3.93. The molecule has 128 valence electrons. The Labute approximate surface area is 135 Å². The van der Waals surface area contributed by atoms with Gasteiger partial charge in [0, 0.05) is 17.8 Å². The van der Waals surface area contributed by atoms with Gasteiger partial charge in [0.05, 0.1) is 16.2 Å². The van der Waals surface area contributed by atoms with Gasteiger partial charge in [-0.1, -0.05) is 12.1 Å². The zero-order chi connectivity index (χ0) is 18.0. The molecule has 2 aromatic carbocycles. The predicted molar refractivity (Wildman–Crippen MR) is 80.8 cm³/mol. The van der Waals surface area contributed by atoms with Crippen molar-refractivity contribution in [1.29, 1.82) is 0 Å². The van der Waals surface area contributed by atoms with Crippen LogP contribution in [0.2, 0.25) is 0 Å². The van der Waals surface area contributed by atoms with Gasteiger partial charge in [-0.2, -0.15) is 13.2 Å². The van der Waals surface area contributed by atoms with E-state index in [1.165, 1.54) is 18.2 Å². The van der Waals surface area contributed by atoms with Crippen molar-refractivity contribution in [3.8, 4) is 0 Å². The third-order valence-corrected chi connectivity index (χ3v) is 4.22. The van der Waals surface area contributed by atoms with Crippen molar-refractivity contribution in [2.75, 3.05) is 4.72 Å². The second-order valence-corrected chi connectivity index (χ2v) is 6.59. The van der Waals surface area contributed by atoms with E-state index < -0.39 is 32.4 Å². The molecule has 0 aliphatic rings. The molecule has 0 heterocycles. The van der Waals surface area contributed by atoms with Crippen molar-refractivity contribution in [1.82, 2.24) is 0 Å². The fourth-order valence-electron chi connectivity index (χ4n) is 1.92. The molecule has 10 heteroatoms. The Bertz CT molecular complexity index is 849. The topological polar surface area (TPSA) is 89.3 Å². The Hall–Kier alpha value is -2.62. The van der Waals surface area contributed by atoms with Crippen molar-refractivity contribution < 1.29 is 26.5 Å². The molecule has 24 heavy (non-hydrogen) atoms. The lowest BCUT2D eigenvalue weighted by Gasteiger charge is -2.10. The highest BCUT2D eigenvalue weighted by molar-refractivity contribution is 7.91. The summed E-state index contributed by atoms with van der Waals surface area (Å²) in [6.07, 6.45) is -4.51. The van der Waals surface area contributed by atoms with Crippen LogP contribution in [0.15, 0.2) is 48.5 Å². The molecule has 2 aromatic rings. The first-order chi connectivity index (χ1) is 11.1. The van der Waals surface area contributed by atoms with Gasteiger partial charge in [0.1, 0.15) is 0 Å². The van der Waals surface area contributed by atoms with Crippen LogP contribution in [-0.2, 0) is 22.0 Å². The summed E-state index contributed by atoms with van der Waals surface area (Å²) in [4.78, 5) is 10.0. The Balaban J connectivity index is 2.14. The quantitative estimate of drug-likeness (QED) is 0.652. The highest BCUT2D eigenvalue weighted by Gasteiger charge is 2.30. The molecule has 0 saturated carbocycles. The van der Waals surface area contributed by atoms with E-state index in [9.17, 15) is 31.7 Å². The summed E-state index contributed by atoms with van der Waals surface area (Å²) < 4.78 is 63.6. The zero-order valence-electron chi connectivity index (χ0n) is 11.9. The molecule has 0 spiro atoms. The molecule has 0 aliphatic carbocycles. The number of non-ortho nitro benzene ring substituents is 1. The Kier molecular flexibility index (Phi) is 4.78. The van der Waals surface area contributed by atoms with E-state index in [0.29, 0.717) is 0 Å². The molecule has 0 unspecified atom stereocenters. The molecule has 0 aromatic heterocycles. The van der Waals surface area contributed by atoms with Gasteiger partial charge in [-0.05, 0) is 29.8 Å². The van der Waals surface area contributed by atoms with Gasteiger partial charge in [0.2, 0.25) is 10.0 Å². The lowest BCUT2D eigenvalue weighted by molar-refractivity contribution is -0.384. The zero-order valence-corrected chi connectivity index (χ0v) is 12.8. The summed E-state index contributed by atoms with van der Waals surface area (Å²) in [6.45, 7) is 0. The fraction of sp³-hybridized carbons (Fsp3) is 0.143. The van der Waals surface area contributed by atoms with Crippen LogP contribution in [0.4, 0.5) is 24.5 Å². The lowest BCUT2D eigenvalue weighted by atomic mass is 10.2.